The molecule has 0 spiro atoms. The molecule has 0 aliphatic heterocycles. The fourth-order valence-corrected chi connectivity index (χ4v) is 2.16. The van der Waals surface area contributed by atoms with Crippen LogP contribution in [0, 0.1) is 5.82 Å². The minimum Gasteiger partial charge on any atom is -0.478 e. The highest BCUT2D eigenvalue weighted by molar-refractivity contribution is 6.04. The van der Waals surface area contributed by atoms with Crippen LogP contribution in [0.5, 0.6) is 11.5 Å². The first-order valence-electron chi connectivity index (χ1n) is 6.38. The second kappa shape index (κ2) is 5.33. The Labute approximate surface area is 123 Å². The molecule has 0 atom stereocenters. The monoisotopic (exact) mass is 299 g/mol. The lowest BCUT2D eigenvalue weighted by molar-refractivity contribution is 0.0696. The molecule has 0 aliphatic rings. The van der Waals surface area contributed by atoms with E-state index in [1.54, 1.807) is 24.3 Å². The predicted octanol–water partition coefficient (Wildman–Crippen LogP) is 3.16. The number of carboxylic acids is 1. The number of para-hydroxylation sites is 1. The molecule has 0 fully saturated rings. The van der Waals surface area contributed by atoms with Crippen LogP contribution in [-0.4, -0.2) is 16.1 Å². The largest absolute Gasteiger partial charge is 0.478 e. The lowest BCUT2D eigenvalue weighted by atomic mass is 10.1. The van der Waals surface area contributed by atoms with E-state index in [9.17, 15) is 19.1 Å². The minimum atomic E-state index is -1.28. The van der Waals surface area contributed by atoms with Crippen LogP contribution in [0.3, 0.4) is 0 Å². The van der Waals surface area contributed by atoms with E-state index in [2.05, 4.69) is 4.98 Å². The fourth-order valence-electron chi connectivity index (χ4n) is 2.16. The Bertz CT molecular complexity index is 916. The third kappa shape index (κ3) is 2.42. The number of aromatic nitrogens is 1. The third-order valence-electron chi connectivity index (χ3n) is 3.13. The first kappa shape index (κ1) is 13.8. The van der Waals surface area contributed by atoms with Crippen LogP contribution >= 0.6 is 0 Å². The van der Waals surface area contributed by atoms with Crippen LogP contribution in [0.25, 0.3) is 10.9 Å². The van der Waals surface area contributed by atoms with Gasteiger partial charge in [0.15, 0.2) is 0 Å². The molecule has 22 heavy (non-hydrogen) atoms. The molecule has 2 N–H and O–H groups in total. The zero-order valence-corrected chi connectivity index (χ0v) is 11.2. The molecule has 3 rings (SSSR count). The van der Waals surface area contributed by atoms with E-state index in [-0.39, 0.29) is 17.1 Å². The van der Waals surface area contributed by atoms with Gasteiger partial charge in [0.25, 0.3) is 5.56 Å². The quantitative estimate of drug-likeness (QED) is 0.778. The SMILES string of the molecule is O=C(O)c1c(Oc2ccc(F)cc2)c(=O)[nH]c2ccccc12. The van der Waals surface area contributed by atoms with E-state index in [0.717, 1.165) is 12.1 Å². The molecule has 1 heterocycles. The third-order valence-corrected chi connectivity index (χ3v) is 3.13. The van der Waals surface area contributed by atoms with Crippen LogP contribution < -0.4 is 10.3 Å². The molecule has 0 saturated heterocycles. The first-order chi connectivity index (χ1) is 10.6. The highest BCUT2D eigenvalue weighted by Gasteiger charge is 2.20. The molecule has 6 heteroatoms. The van der Waals surface area contributed by atoms with Crippen LogP contribution in [0.2, 0.25) is 0 Å². The summed E-state index contributed by atoms with van der Waals surface area (Å²) in [7, 11) is 0. The van der Waals surface area contributed by atoms with Crippen LogP contribution in [0.15, 0.2) is 53.3 Å². The van der Waals surface area contributed by atoms with Gasteiger partial charge in [0.2, 0.25) is 5.75 Å². The van der Waals surface area contributed by atoms with Crippen molar-refractivity contribution in [3.05, 3.63) is 70.3 Å². The number of carbonyl (C=O) groups is 1. The predicted molar refractivity (Wildman–Crippen MR) is 78.0 cm³/mol. The Morgan fingerprint density at radius 1 is 1.09 bits per heavy atom. The van der Waals surface area contributed by atoms with Crippen LogP contribution in [-0.2, 0) is 0 Å². The molecule has 0 bridgehead atoms. The number of halogens is 1. The number of fused-ring (bicyclic) bond motifs is 1. The summed E-state index contributed by atoms with van der Waals surface area (Å²) in [5, 5.41) is 9.77. The summed E-state index contributed by atoms with van der Waals surface area (Å²) in [6, 6.07) is 11.5. The van der Waals surface area contributed by atoms with Crippen molar-refractivity contribution in [2.24, 2.45) is 0 Å². The molecule has 0 amide bonds. The summed E-state index contributed by atoms with van der Waals surface area (Å²) in [5.74, 6) is -1.90. The number of benzene rings is 2. The van der Waals surface area contributed by atoms with Crippen LogP contribution in [0.4, 0.5) is 4.39 Å². The van der Waals surface area contributed by atoms with E-state index in [4.69, 9.17) is 4.74 Å². The smallest absolute Gasteiger partial charge is 0.340 e. The van der Waals surface area contributed by atoms with Gasteiger partial charge in [-0.3, -0.25) is 4.79 Å². The number of hydrogen-bond acceptors (Lipinski definition) is 3. The summed E-state index contributed by atoms with van der Waals surface area (Å²) in [6.07, 6.45) is 0. The molecule has 0 saturated carbocycles. The molecular formula is C16H10FNO4. The van der Waals surface area contributed by atoms with E-state index in [1.165, 1.54) is 12.1 Å². The second-order valence-electron chi connectivity index (χ2n) is 4.56. The maximum absolute atomic E-state index is 12.9. The molecule has 1 aromatic heterocycles. The van der Waals surface area contributed by atoms with Gasteiger partial charge in [-0.05, 0) is 30.3 Å². The zero-order valence-electron chi connectivity index (χ0n) is 11.2. The van der Waals surface area contributed by atoms with Gasteiger partial charge in [0.05, 0.1) is 0 Å². The van der Waals surface area contributed by atoms with Crippen molar-refractivity contribution in [2.75, 3.05) is 0 Å². The number of aromatic amines is 1. The van der Waals surface area contributed by atoms with Crippen molar-refractivity contribution < 1.29 is 19.0 Å². The lowest BCUT2D eigenvalue weighted by Crippen LogP contribution is -2.15. The standard InChI is InChI=1S/C16H10FNO4/c17-9-5-7-10(8-6-9)22-14-13(16(20)21)11-3-1-2-4-12(11)18-15(14)19/h1-8H,(H,18,19)(H,20,21). The summed E-state index contributed by atoms with van der Waals surface area (Å²) < 4.78 is 18.3. The van der Waals surface area contributed by atoms with Crippen molar-refractivity contribution in [2.45, 2.75) is 0 Å². The highest BCUT2D eigenvalue weighted by atomic mass is 19.1. The van der Waals surface area contributed by atoms with Gasteiger partial charge < -0.3 is 14.8 Å². The molecule has 110 valence electrons. The van der Waals surface area contributed by atoms with Gasteiger partial charge in [-0.2, -0.15) is 0 Å². The molecule has 0 radical (unpaired) electrons. The van der Waals surface area contributed by atoms with E-state index >= 15 is 0 Å². The number of hydrogen-bond donors (Lipinski definition) is 2. The Kier molecular flexibility index (Phi) is 3.34. The number of carboxylic acid groups (broad SMARTS) is 1. The lowest BCUT2D eigenvalue weighted by Gasteiger charge is -2.10. The summed E-state index contributed by atoms with van der Waals surface area (Å²) in [6.45, 7) is 0. The Morgan fingerprint density at radius 2 is 1.77 bits per heavy atom. The number of aromatic carboxylic acids is 1. The minimum absolute atomic E-state index is 0.171. The zero-order chi connectivity index (χ0) is 15.7. The molecule has 5 nitrogen and oxygen atoms in total. The molecule has 3 aromatic rings. The first-order valence-corrected chi connectivity index (χ1v) is 6.38. The van der Waals surface area contributed by atoms with Gasteiger partial charge in [-0.25, -0.2) is 9.18 Å². The molecule has 0 unspecified atom stereocenters. The second-order valence-corrected chi connectivity index (χ2v) is 4.56. The van der Waals surface area contributed by atoms with E-state index in [0.29, 0.717) is 10.9 Å². The van der Waals surface area contributed by atoms with Gasteiger partial charge in [-0.1, -0.05) is 18.2 Å². The number of H-pyrrole nitrogens is 1. The molecule has 2 aromatic carbocycles. The summed E-state index contributed by atoms with van der Waals surface area (Å²) in [5.41, 5.74) is -0.500. The fraction of sp³-hybridized carbons (Fsp3) is 0. The van der Waals surface area contributed by atoms with Gasteiger partial charge in [0, 0.05) is 10.9 Å². The van der Waals surface area contributed by atoms with Gasteiger partial charge in [0.1, 0.15) is 17.1 Å². The Morgan fingerprint density at radius 3 is 2.45 bits per heavy atom. The maximum atomic E-state index is 12.9. The van der Waals surface area contributed by atoms with Crippen molar-refractivity contribution in [3.8, 4) is 11.5 Å². The normalized spacial score (nSPS) is 10.6. The van der Waals surface area contributed by atoms with Crippen molar-refractivity contribution in [3.63, 3.8) is 0 Å². The molecule has 0 aliphatic carbocycles. The molecular weight excluding hydrogens is 289 g/mol. The van der Waals surface area contributed by atoms with E-state index < -0.39 is 17.3 Å². The van der Waals surface area contributed by atoms with E-state index in [1.807, 2.05) is 0 Å². The summed E-state index contributed by atoms with van der Waals surface area (Å²) >= 11 is 0. The van der Waals surface area contributed by atoms with Crippen molar-refractivity contribution >= 4 is 16.9 Å². The highest BCUT2D eigenvalue weighted by Crippen LogP contribution is 2.27. The van der Waals surface area contributed by atoms with Crippen molar-refractivity contribution in [1.82, 2.24) is 4.98 Å². The Hall–Kier alpha value is -3.15. The number of nitrogens with one attached hydrogen (secondary N) is 1. The number of pyridine rings is 1. The average Bonchev–Trinajstić information content (AvgIpc) is 2.49. The topological polar surface area (TPSA) is 79.4 Å². The Balaban J connectivity index is 2.21. The van der Waals surface area contributed by atoms with Crippen LogP contribution in [0.1, 0.15) is 10.4 Å². The van der Waals surface area contributed by atoms with Gasteiger partial charge >= 0.3 is 5.97 Å². The average molecular weight is 299 g/mol. The number of ether oxygens (including phenoxy) is 1. The summed E-state index contributed by atoms with van der Waals surface area (Å²) in [4.78, 5) is 26.2. The maximum Gasteiger partial charge on any atom is 0.340 e. The van der Waals surface area contributed by atoms with Gasteiger partial charge in [-0.15, -0.1) is 0 Å². The number of rotatable bonds is 3. The van der Waals surface area contributed by atoms with Crippen molar-refractivity contribution in [1.29, 1.82) is 0 Å².